The topological polar surface area (TPSA) is 148 Å². The van der Waals surface area contributed by atoms with Crippen molar-refractivity contribution in [2.45, 2.75) is 72.6 Å². The third-order valence-electron chi connectivity index (χ3n) is 11.9. The first kappa shape index (κ1) is 38.3. The van der Waals surface area contributed by atoms with E-state index in [-0.39, 0.29) is 46.3 Å². The van der Waals surface area contributed by atoms with Gasteiger partial charge in [-0.25, -0.2) is 4.98 Å². The van der Waals surface area contributed by atoms with Crippen LogP contribution in [0.4, 0.5) is 5.82 Å². The van der Waals surface area contributed by atoms with Gasteiger partial charge in [0.1, 0.15) is 23.7 Å². The predicted molar refractivity (Wildman–Crippen MR) is 212 cm³/mol. The first-order valence-electron chi connectivity index (χ1n) is 19.2. The summed E-state index contributed by atoms with van der Waals surface area (Å²) in [5.74, 6) is 1.41. The molecule has 3 aromatic heterocycles. The Morgan fingerprint density at radius 1 is 0.982 bits per heavy atom. The highest BCUT2D eigenvalue weighted by atomic mass is 35.5. The second-order valence-corrected chi connectivity index (χ2v) is 16.7. The van der Waals surface area contributed by atoms with Crippen molar-refractivity contribution in [1.29, 1.82) is 5.26 Å². The standard InChI is InChI=1S/C42H49ClN8O4/c1-6-27-20-33-34(47-36(27)52)19-26(23-45-33)25-49-15-17-51(18-16-49)38(54)28-11-13-50(14-12-28)35-10-8-30(24-46-35)37(53)48-39-41(2,3)40(42(39,4)5)55-31-9-7-29(22-44)32(43)21-31/h7-10,19-21,23-24,28,39-40H,6,11-18,25H2,1-5H3,(H,47,52)(H,48,53). The average Bonchev–Trinajstić information content (AvgIpc) is 3.18. The number of aromatic nitrogens is 3. The van der Waals surface area contributed by atoms with Gasteiger partial charge in [-0.05, 0) is 61.2 Å². The molecule has 2 N–H and O–H groups in total. The molecule has 0 atom stereocenters. The maximum atomic E-state index is 13.5. The Labute approximate surface area is 326 Å². The number of fused-ring (bicyclic) bond motifs is 1. The molecule has 1 saturated carbocycles. The number of rotatable bonds is 9. The van der Waals surface area contributed by atoms with Crippen molar-refractivity contribution in [3.8, 4) is 11.8 Å². The van der Waals surface area contributed by atoms with Crippen LogP contribution in [0.15, 0.2) is 59.7 Å². The minimum Gasteiger partial charge on any atom is -0.489 e. The van der Waals surface area contributed by atoms with Crippen molar-refractivity contribution in [2.75, 3.05) is 44.2 Å². The molecule has 13 heteroatoms. The molecule has 2 saturated heterocycles. The summed E-state index contributed by atoms with van der Waals surface area (Å²) in [6.07, 6.45) is 5.49. The summed E-state index contributed by atoms with van der Waals surface area (Å²) in [5.41, 5.74) is 3.40. The van der Waals surface area contributed by atoms with Gasteiger partial charge in [-0.1, -0.05) is 46.2 Å². The number of aromatic amines is 1. The van der Waals surface area contributed by atoms with Gasteiger partial charge >= 0.3 is 0 Å². The van der Waals surface area contributed by atoms with Crippen LogP contribution in [0, 0.1) is 28.1 Å². The van der Waals surface area contributed by atoms with E-state index in [1.54, 1.807) is 24.4 Å². The number of nitrogens with one attached hydrogen (secondary N) is 2. The lowest BCUT2D eigenvalue weighted by Gasteiger charge is -2.63. The molecule has 12 nitrogen and oxygen atoms in total. The van der Waals surface area contributed by atoms with Crippen LogP contribution in [0.1, 0.15) is 74.5 Å². The van der Waals surface area contributed by atoms with E-state index in [0.29, 0.717) is 41.4 Å². The van der Waals surface area contributed by atoms with E-state index in [4.69, 9.17) is 16.3 Å². The Balaban J connectivity index is 0.870. The molecule has 1 aromatic carbocycles. The van der Waals surface area contributed by atoms with E-state index >= 15 is 0 Å². The number of carbonyl (C=O) groups excluding carboxylic acids is 2. The summed E-state index contributed by atoms with van der Waals surface area (Å²) in [7, 11) is 0. The van der Waals surface area contributed by atoms with Crippen molar-refractivity contribution in [1.82, 2.24) is 30.1 Å². The van der Waals surface area contributed by atoms with Crippen LogP contribution < -0.4 is 20.5 Å². The number of anilines is 1. The number of nitriles is 1. The van der Waals surface area contributed by atoms with Crippen LogP contribution in [-0.2, 0) is 17.8 Å². The summed E-state index contributed by atoms with van der Waals surface area (Å²) >= 11 is 6.24. The largest absolute Gasteiger partial charge is 0.489 e. The summed E-state index contributed by atoms with van der Waals surface area (Å²) in [5, 5.41) is 12.8. The predicted octanol–water partition coefficient (Wildman–Crippen LogP) is 5.58. The summed E-state index contributed by atoms with van der Waals surface area (Å²) < 4.78 is 6.36. The lowest BCUT2D eigenvalue weighted by Crippen LogP contribution is -2.74. The monoisotopic (exact) mass is 764 g/mol. The summed E-state index contributed by atoms with van der Waals surface area (Å²) in [6, 6.07) is 14.5. The molecule has 4 aromatic rings. The van der Waals surface area contributed by atoms with Gasteiger partial charge in [-0.2, -0.15) is 5.26 Å². The highest BCUT2D eigenvalue weighted by Gasteiger charge is 2.64. The quantitative estimate of drug-likeness (QED) is 0.223. The highest BCUT2D eigenvalue weighted by molar-refractivity contribution is 6.31. The molecule has 55 heavy (non-hydrogen) atoms. The number of H-pyrrole nitrogens is 1. The van der Waals surface area contributed by atoms with E-state index in [9.17, 15) is 19.6 Å². The smallest absolute Gasteiger partial charge is 0.253 e. The van der Waals surface area contributed by atoms with Gasteiger partial charge in [-0.3, -0.25) is 24.3 Å². The Morgan fingerprint density at radius 2 is 1.71 bits per heavy atom. The number of benzene rings is 1. The molecule has 0 spiro atoms. The van der Waals surface area contributed by atoms with Gasteiger partial charge < -0.3 is 24.8 Å². The second kappa shape index (κ2) is 15.3. The number of hydrogen-bond acceptors (Lipinski definition) is 9. The normalized spacial score (nSPS) is 21.1. The number of halogens is 1. The molecule has 3 fully saturated rings. The maximum absolute atomic E-state index is 13.5. The maximum Gasteiger partial charge on any atom is 0.253 e. The molecule has 288 valence electrons. The van der Waals surface area contributed by atoms with Crippen LogP contribution in [0.3, 0.4) is 0 Å². The fourth-order valence-electron chi connectivity index (χ4n) is 9.03. The number of hydrogen-bond donors (Lipinski definition) is 2. The third kappa shape index (κ3) is 7.65. The van der Waals surface area contributed by atoms with Gasteiger partial charge in [0, 0.05) is 92.6 Å². The van der Waals surface area contributed by atoms with Gasteiger partial charge in [0.05, 0.1) is 27.2 Å². The Morgan fingerprint density at radius 3 is 2.35 bits per heavy atom. The summed E-state index contributed by atoms with van der Waals surface area (Å²) in [6.45, 7) is 15.4. The number of aryl methyl sites for hydroxylation is 1. The van der Waals surface area contributed by atoms with E-state index < -0.39 is 0 Å². The zero-order chi connectivity index (χ0) is 39.1. The van der Waals surface area contributed by atoms with Crippen molar-refractivity contribution in [2.24, 2.45) is 16.7 Å². The van der Waals surface area contributed by atoms with E-state index in [1.165, 1.54) is 0 Å². The Hall–Kier alpha value is -4.99. The molecular formula is C42H49ClN8O4. The highest BCUT2D eigenvalue weighted by Crippen LogP contribution is 2.55. The van der Waals surface area contributed by atoms with Gasteiger partial charge in [-0.15, -0.1) is 0 Å². The van der Waals surface area contributed by atoms with Crippen LogP contribution in [0.25, 0.3) is 11.0 Å². The molecular weight excluding hydrogens is 716 g/mol. The molecule has 5 heterocycles. The van der Waals surface area contributed by atoms with Gasteiger partial charge in [0.2, 0.25) is 5.91 Å². The zero-order valence-corrected chi connectivity index (χ0v) is 32.9. The molecule has 1 aliphatic carbocycles. The van der Waals surface area contributed by atoms with E-state index in [1.807, 2.05) is 42.3 Å². The number of piperazine rings is 1. The van der Waals surface area contributed by atoms with Crippen LogP contribution in [0.5, 0.6) is 5.75 Å². The molecule has 2 aliphatic heterocycles. The lowest BCUT2D eigenvalue weighted by atomic mass is 9.49. The minimum atomic E-state index is -0.375. The second-order valence-electron chi connectivity index (χ2n) is 16.3. The number of nitrogens with zero attached hydrogens (tertiary/aromatic N) is 6. The van der Waals surface area contributed by atoms with Crippen LogP contribution in [-0.4, -0.2) is 88.0 Å². The first-order valence-corrected chi connectivity index (χ1v) is 19.6. The molecule has 0 unspecified atom stereocenters. The van der Waals surface area contributed by atoms with Crippen molar-refractivity contribution in [3.05, 3.63) is 92.5 Å². The SMILES string of the molecule is CCc1cc2ncc(CN3CCN(C(=O)C4CCN(c5ccc(C(=O)NC6C(C)(C)C(Oc7ccc(C#N)c(Cl)c7)C6(C)C)cn5)CC4)CC3)cc2[nH]c1=O. The fraction of sp³-hybridized carbons (Fsp3) is 0.476. The van der Waals surface area contributed by atoms with Gasteiger partial charge in [0.25, 0.3) is 11.5 Å². The number of pyridine rings is 3. The zero-order valence-electron chi connectivity index (χ0n) is 32.2. The number of carbonyl (C=O) groups is 2. The number of amides is 2. The van der Waals surface area contributed by atoms with Crippen LogP contribution >= 0.6 is 11.6 Å². The molecule has 7 rings (SSSR count). The number of piperidine rings is 1. The van der Waals surface area contributed by atoms with Crippen LogP contribution in [0.2, 0.25) is 5.02 Å². The number of ether oxygens (including phenoxy) is 1. The third-order valence-corrected chi connectivity index (χ3v) is 12.2. The summed E-state index contributed by atoms with van der Waals surface area (Å²) in [4.78, 5) is 58.0. The Kier molecular flexibility index (Phi) is 10.6. The average molecular weight is 765 g/mol. The van der Waals surface area contributed by atoms with Crippen molar-refractivity contribution in [3.63, 3.8) is 0 Å². The van der Waals surface area contributed by atoms with E-state index in [0.717, 1.165) is 73.5 Å². The molecule has 2 amide bonds. The molecule has 0 radical (unpaired) electrons. The van der Waals surface area contributed by atoms with Crippen molar-refractivity contribution < 1.29 is 14.3 Å². The Bertz CT molecular complexity index is 2160. The molecule has 3 aliphatic rings. The van der Waals surface area contributed by atoms with Gasteiger partial charge in [0.15, 0.2) is 0 Å². The van der Waals surface area contributed by atoms with E-state index in [2.05, 4.69) is 63.8 Å². The fourth-order valence-corrected chi connectivity index (χ4v) is 9.24. The minimum absolute atomic E-state index is 0.0155. The molecule has 0 bridgehead atoms. The van der Waals surface area contributed by atoms with Crippen molar-refractivity contribution >= 4 is 40.3 Å². The lowest BCUT2D eigenvalue weighted by molar-refractivity contribution is -0.164. The first-order chi connectivity index (χ1) is 26.3.